The largest absolute Gasteiger partial charge is 0.493 e. The van der Waals surface area contributed by atoms with Crippen LogP contribution in [0.2, 0.25) is 0 Å². The number of carbonyl (C=O) groups excluding carboxylic acids is 1. The molecule has 0 saturated carbocycles. The fourth-order valence-corrected chi connectivity index (χ4v) is 2.40. The van der Waals surface area contributed by atoms with Crippen LogP contribution in [0.25, 0.3) is 0 Å². The standard InChI is InChI=1S/C15H21NO5/c1-10-16(6-5-7-21-10)15(17)11-8-12(18-2)14(20-4)13(9-11)19-3/h8-10H,5-7H2,1-4H3. The van der Waals surface area contributed by atoms with Crippen LogP contribution in [0.1, 0.15) is 23.7 Å². The van der Waals surface area contributed by atoms with Gasteiger partial charge in [0.2, 0.25) is 5.75 Å². The van der Waals surface area contributed by atoms with E-state index in [9.17, 15) is 4.79 Å². The highest BCUT2D eigenvalue weighted by Gasteiger charge is 2.26. The van der Waals surface area contributed by atoms with Gasteiger partial charge in [0, 0.05) is 12.1 Å². The smallest absolute Gasteiger partial charge is 0.256 e. The van der Waals surface area contributed by atoms with Gasteiger partial charge in [0.15, 0.2) is 11.5 Å². The van der Waals surface area contributed by atoms with Crippen LogP contribution in [0.15, 0.2) is 12.1 Å². The summed E-state index contributed by atoms with van der Waals surface area (Å²) in [5.74, 6) is 1.29. The Morgan fingerprint density at radius 2 is 1.81 bits per heavy atom. The normalized spacial score (nSPS) is 18.3. The highest BCUT2D eigenvalue weighted by molar-refractivity contribution is 5.95. The molecule has 0 N–H and O–H groups in total. The van der Waals surface area contributed by atoms with Gasteiger partial charge in [-0.1, -0.05) is 0 Å². The number of methoxy groups -OCH3 is 3. The van der Waals surface area contributed by atoms with Crippen LogP contribution < -0.4 is 14.2 Å². The topological polar surface area (TPSA) is 57.2 Å². The summed E-state index contributed by atoms with van der Waals surface area (Å²) in [7, 11) is 4.58. The van der Waals surface area contributed by atoms with Gasteiger partial charge in [0.25, 0.3) is 5.91 Å². The molecule has 21 heavy (non-hydrogen) atoms. The van der Waals surface area contributed by atoms with Crippen molar-refractivity contribution < 1.29 is 23.7 Å². The zero-order chi connectivity index (χ0) is 15.4. The molecular formula is C15H21NO5. The molecule has 1 unspecified atom stereocenters. The predicted molar refractivity (Wildman–Crippen MR) is 77.2 cm³/mol. The third-order valence-electron chi connectivity index (χ3n) is 3.51. The number of benzene rings is 1. The van der Waals surface area contributed by atoms with Crippen molar-refractivity contribution in [2.75, 3.05) is 34.5 Å². The van der Waals surface area contributed by atoms with Crippen LogP contribution in [0.5, 0.6) is 17.2 Å². The lowest BCUT2D eigenvalue weighted by Crippen LogP contribution is -2.44. The van der Waals surface area contributed by atoms with E-state index in [2.05, 4.69) is 0 Å². The molecule has 6 heteroatoms. The SMILES string of the molecule is COc1cc(C(=O)N2CCCOC2C)cc(OC)c1OC. The molecule has 1 aromatic carbocycles. The number of nitrogens with zero attached hydrogens (tertiary/aromatic N) is 1. The molecule has 116 valence electrons. The highest BCUT2D eigenvalue weighted by atomic mass is 16.5. The third kappa shape index (κ3) is 3.05. The van der Waals surface area contributed by atoms with Crippen molar-refractivity contribution in [1.29, 1.82) is 0 Å². The summed E-state index contributed by atoms with van der Waals surface area (Å²) in [4.78, 5) is 14.3. The van der Waals surface area contributed by atoms with Gasteiger partial charge >= 0.3 is 0 Å². The highest BCUT2D eigenvalue weighted by Crippen LogP contribution is 2.38. The predicted octanol–water partition coefficient (Wildman–Crippen LogP) is 1.92. The molecule has 6 nitrogen and oxygen atoms in total. The molecule has 1 heterocycles. The first-order valence-electron chi connectivity index (χ1n) is 6.85. The summed E-state index contributed by atoms with van der Waals surface area (Å²) >= 11 is 0. The molecule has 1 amide bonds. The van der Waals surface area contributed by atoms with Crippen LogP contribution in [0.4, 0.5) is 0 Å². The zero-order valence-corrected chi connectivity index (χ0v) is 12.8. The maximum Gasteiger partial charge on any atom is 0.256 e. The van der Waals surface area contributed by atoms with Crippen molar-refractivity contribution in [2.45, 2.75) is 19.6 Å². The van der Waals surface area contributed by atoms with Crippen LogP contribution in [0.3, 0.4) is 0 Å². The van der Waals surface area contributed by atoms with Crippen molar-refractivity contribution >= 4 is 5.91 Å². The molecule has 0 aliphatic carbocycles. The second-order valence-corrected chi connectivity index (χ2v) is 4.74. The molecule has 1 aliphatic rings. The van der Waals surface area contributed by atoms with Crippen molar-refractivity contribution in [3.63, 3.8) is 0 Å². The van der Waals surface area contributed by atoms with E-state index in [1.165, 1.54) is 21.3 Å². The van der Waals surface area contributed by atoms with Crippen LogP contribution in [-0.2, 0) is 4.74 Å². The van der Waals surface area contributed by atoms with Crippen molar-refractivity contribution in [1.82, 2.24) is 4.90 Å². The van der Waals surface area contributed by atoms with E-state index in [0.717, 1.165) is 6.42 Å². The molecule has 1 aromatic rings. The van der Waals surface area contributed by atoms with Gasteiger partial charge in [-0.05, 0) is 25.5 Å². The van der Waals surface area contributed by atoms with Gasteiger partial charge in [-0.15, -0.1) is 0 Å². The Morgan fingerprint density at radius 1 is 1.19 bits per heavy atom. The minimum Gasteiger partial charge on any atom is -0.493 e. The van der Waals surface area contributed by atoms with Crippen LogP contribution in [0, 0.1) is 0 Å². The minimum absolute atomic E-state index is 0.110. The third-order valence-corrected chi connectivity index (χ3v) is 3.51. The average Bonchev–Trinajstić information content (AvgIpc) is 2.53. The first-order valence-corrected chi connectivity index (χ1v) is 6.85. The van der Waals surface area contributed by atoms with Crippen molar-refractivity contribution in [3.8, 4) is 17.2 Å². The van der Waals surface area contributed by atoms with Gasteiger partial charge in [-0.3, -0.25) is 4.79 Å². The van der Waals surface area contributed by atoms with Gasteiger partial charge < -0.3 is 23.8 Å². The minimum atomic E-state index is -0.231. The average molecular weight is 295 g/mol. The fraction of sp³-hybridized carbons (Fsp3) is 0.533. The Bertz CT molecular complexity index is 492. The number of hydrogen-bond acceptors (Lipinski definition) is 5. The molecule has 1 fully saturated rings. The van der Waals surface area contributed by atoms with E-state index >= 15 is 0 Å². The zero-order valence-electron chi connectivity index (χ0n) is 12.8. The summed E-state index contributed by atoms with van der Waals surface area (Å²) < 4.78 is 21.3. The molecule has 1 saturated heterocycles. The summed E-state index contributed by atoms with van der Waals surface area (Å²) in [5, 5.41) is 0. The van der Waals surface area contributed by atoms with Crippen molar-refractivity contribution in [2.24, 2.45) is 0 Å². The summed E-state index contributed by atoms with van der Waals surface area (Å²) in [6.45, 7) is 3.23. The number of carbonyl (C=O) groups is 1. The molecule has 0 spiro atoms. The second-order valence-electron chi connectivity index (χ2n) is 4.74. The van der Waals surface area contributed by atoms with E-state index in [1.54, 1.807) is 17.0 Å². The number of ether oxygens (including phenoxy) is 4. The molecular weight excluding hydrogens is 274 g/mol. The lowest BCUT2D eigenvalue weighted by molar-refractivity contribution is -0.0661. The van der Waals surface area contributed by atoms with Gasteiger partial charge in [0.05, 0.1) is 27.9 Å². The maximum absolute atomic E-state index is 12.6. The summed E-state index contributed by atoms with van der Waals surface area (Å²) in [5.41, 5.74) is 0.488. The summed E-state index contributed by atoms with van der Waals surface area (Å²) in [6.07, 6.45) is 0.603. The molecule has 0 radical (unpaired) electrons. The Hall–Kier alpha value is -1.95. The Morgan fingerprint density at radius 3 is 2.29 bits per heavy atom. The van der Waals surface area contributed by atoms with E-state index < -0.39 is 0 Å². The van der Waals surface area contributed by atoms with E-state index in [-0.39, 0.29) is 12.1 Å². The molecule has 0 aromatic heterocycles. The Balaban J connectivity index is 2.36. The van der Waals surface area contributed by atoms with Crippen LogP contribution >= 0.6 is 0 Å². The van der Waals surface area contributed by atoms with E-state index in [1.807, 2.05) is 6.92 Å². The Kier molecular flexibility index (Phi) is 4.90. The monoisotopic (exact) mass is 295 g/mol. The maximum atomic E-state index is 12.6. The fourth-order valence-electron chi connectivity index (χ4n) is 2.40. The molecule has 0 bridgehead atoms. The first kappa shape index (κ1) is 15.4. The van der Waals surface area contributed by atoms with Crippen LogP contribution in [-0.4, -0.2) is 51.5 Å². The quantitative estimate of drug-likeness (QED) is 0.849. The van der Waals surface area contributed by atoms with E-state index in [4.69, 9.17) is 18.9 Å². The molecule has 1 atom stereocenters. The van der Waals surface area contributed by atoms with Gasteiger partial charge in [-0.25, -0.2) is 0 Å². The molecule has 2 rings (SSSR count). The van der Waals surface area contributed by atoms with E-state index in [0.29, 0.717) is 36.0 Å². The van der Waals surface area contributed by atoms with Gasteiger partial charge in [0.1, 0.15) is 6.23 Å². The lowest BCUT2D eigenvalue weighted by Gasteiger charge is -2.33. The number of amides is 1. The second kappa shape index (κ2) is 6.67. The first-order chi connectivity index (χ1) is 10.1. The number of rotatable bonds is 4. The lowest BCUT2D eigenvalue weighted by atomic mass is 10.1. The molecule has 1 aliphatic heterocycles. The Labute approximate surface area is 124 Å². The summed E-state index contributed by atoms with van der Waals surface area (Å²) in [6, 6.07) is 3.32. The number of hydrogen-bond donors (Lipinski definition) is 0. The van der Waals surface area contributed by atoms with Gasteiger partial charge in [-0.2, -0.15) is 0 Å². The van der Waals surface area contributed by atoms with Crippen molar-refractivity contribution in [3.05, 3.63) is 17.7 Å².